The van der Waals surface area contributed by atoms with Crippen molar-refractivity contribution in [1.29, 1.82) is 0 Å². The minimum atomic E-state index is -0.669. The number of hydrogen-bond acceptors (Lipinski definition) is 6. The maximum atomic E-state index is 13.4. The number of fused-ring (bicyclic) bond motifs is 1. The molecule has 0 bridgehead atoms. The fourth-order valence-corrected chi connectivity index (χ4v) is 4.82. The topological polar surface area (TPSA) is 82.2 Å². The molecule has 2 amide bonds. The van der Waals surface area contributed by atoms with Crippen molar-refractivity contribution in [3.63, 3.8) is 0 Å². The third-order valence-electron chi connectivity index (χ3n) is 7.16. The summed E-state index contributed by atoms with van der Waals surface area (Å²) >= 11 is 0. The SMILES string of the molecule is C.CC[C@@H](C)[C@H](NC(=O)c1ccc(N2CCN(C)CC2)cc1)C(=O)N1CC[C@H]2OCC(=O)[C@H]21.S.S.S. The van der Waals surface area contributed by atoms with Crippen molar-refractivity contribution in [2.24, 2.45) is 5.92 Å². The zero-order chi connectivity index (χ0) is 22.8. The first-order chi connectivity index (χ1) is 15.4. The Labute approximate surface area is 236 Å². The third kappa shape index (κ3) is 7.34. The van der Waals surface area contributed by atoms with E-state index >= 15 is 0 Å². The van der Waals surface area contributed by atoms with Gasteiger partial charge in [-0.15, -0.1) is 0 Å². The Bertz CT molecular complexity index is 865. The first kappa shape index (κ1) is 34.6. The van der Waals surface area contributed by atoms with Gasteiger partial charge in [0.15, 0.2) is 5.78 Å². The lowest BCUT2D eigenvalue weighted by atomic mass is 9.96. The molecule has 0 aromatic heterocycles. The fraction of sp³-hybridized carbons (Fsp3) is 0.640. The molecule has 0 spiro atoms. The maximum Gasteiger partial charge on any atom is 0.251 e. The van der Waals surface area contributed by atoms with Crippen LogP contribution >= 0.6 is 40.5 Å². The van der Waals surface area contributed by atoms with Crippen LogP contribution in [0.1, 0.15) is 44.5 Å². The molecule has 3 fully saturated rings. The molecular weight excluding hydrogens is 517 g/mol. The van der Waals surface area contributed by atoms with E-state index in [4.69, 9.17) is 4.74 Å². The number of piperazine rings is 1. The first-order valence-electron chi connectivity index (χ1n) is 11.7. The Balaban J connectivity index is 0.00000306. The number of hydrogen-bond donors (Lipinski definition) is 1. The van der Waals surface area contributed by atoms with Crippen molar-refractivity contribution >= 4 is 63.8 Å². The number of benzene rings is 1. The van der Waals surface area contributed by atoms with Gasteiger partial charge < -0.3 is 24.8 Å². The summed E-state index contributed by atoms with van der Waals surface area (Å²) in [5.41, 5.74) is 1.63. The van der Waals surface area contributed by atoms with Gasteiger partial charge in [-0.3, -0.25) is 14.4 Å². The Morgan fingerprint density at radius 3 is 2.25 bits per heavy atom. The fourth-order valence-electron chi connectivity index (χ4n) is 4.82. The highest BCUT2D eigenvalue weighted by Crippen LogP contribution is 2.28. The van der Waals surface area contributed by atoms with Gasteiger partial charge in [0.25, 0.3) is 5.91 Å². The number of carbonyl (C=O) groups is 3. The number of amides is 2. The third-order valence-corrected chi connectivity index (χ3v) is 7.16. The van der Waals surface area contributed by atoms with Gasteiger partial charge in [0, 0.05) is 44.0 Å². The molecule has 0 aliphatic carbocycles. The highest BCUT2D eigenvalue weighted by atomic mass is 32.1. The number of Topliss-reactive ketones (excluding diaryl/α,β-unsaturated/α-hetero) is 1. The number of likely N-dealkylation sites (tertiary alicyclic amines) is 1. The number of ether oxygens (including phenoxy) is 1. The highest BCUT2D eigenvalue weighted by Gasteiger charge is 2.48. The molecule has 1 N–H and O–H groups in total. The van der Waals surface area contributed by atoms with Gasteiger partial charge in [-0.05, 0) is 43.7 Å². The minimum absolute atomic E-state index is 0. The molecule has 4 rings (SSSR count). The lowest BCUT2D eigenvalue weighted by molar-refractivity contribution is -0.139. The van der Waals surface area contributed by atoms with E-state index in [1.54, 1.807) is 4.90 Å². The van der Waals surface area contributed by atoms with E-state index in [1.807, 2.05) is 38.1 Å². The van der Waals surface area contributed by atoms with Gasteiger partial charge >= 0.3 is 0 Å². The Hall–Kier alpha value is -1.40. The van der Waals surface area contributed by atoms with Crippen LogP contribution in [0, 0.1) is 5.92 Å². The van der Waals surface area contributed by atoms with Crippen molar-refractivity contribution < 1.29 is 19.1 Å². The quantitative estimate of drug-likeness (QED) is 0.574. The summed E-state index contributed by atoms with van der Waals surface area (Å²) in [6, 6.07) is 6.41. The molecule has 36 heavy (non-hydrogen) atoms. The number of carbonyl (C=O) groups excluding carboxylic acids is 3. The van der Waals surface area contributed by atoms with Crippen LogP contribution in [0.2, 0.25) is 0 Å². The second-order valence-electron chi connectivity index (χ2n) is 9.25. The number of nitrogens with one attached hydrogen (secondary N) is 1. The molecule has 4 atom stereocenters. The van der Waals surface area contributed by atoms with Gasteiger partial charge in [0.1, 0.15) is 18.7 Å². The van der Waals surface area contributed by atoms with E-state index < -0.39 is 12.1 Å². The number of anilines is 1. The van der Waals surface area contributed by atoms with E-state index in [9.17, 15) is 14.4 Å². The summed E-state index contributed by atoms with van der Waals surface area (Å²) in [5, 5.41) is 2.96. The van der Waals surface area contributed by atoms with Crippen LogP contribution in [0.3, 0.4) is 0 Å². The van der Waals surface area contributed by atoms with Crippen LogP contribution in [0.5, 0.6) is 0 Å². The molecule has 0 saturated carbocycles. The zero-order valence-corrected chi connectivity index (χ0v) is 23.8. The highest BCUT2D eigenvalue weighted by molar-refractivity contribution is 7.59. The Morgan fingerprint density at radius 2 is 1.67 bits per heavy atom. The van der Waals surface area contributed by atoms with Gasteiger partial charge in [-0.2, -0.15) is 40.5 Å². The predicted molar refractivity (Wildman–Crippen MR) is 160 cm³/mol. The van der Waals surface area contributed by atoms with E-state index in [-0.39, 0.29) is 84.1 Å². The van der Waals surface area contributed by atoms with E-state index in [2.05, 4.69) is 22.2 Å². The largest absolute Gasteiger partial charge is 0.369 e. The predicted octanol–water partition coefficient (Wildman–Crippen LogP) is 2.13. The molecular formula is C25H44N4O4S3. The molecule has 8 nitrogen and oxygen atoms in total. The average Bonchev–Trinajstić information content (AvgIpc) is 3.40. The second kappa shape index (κ2) is 15.1. The van der Waals surface area contributed by atoms with Gasteiger partial charge in [0.2, 0.25) is 5.91 Å². The first-order valence-corrected chi connectivity index (χ1v) is 11.7. The van der Waals surface area contributed by atoms with Gasteiger partial charge in [-0.25, -0.2) is 0 Å². The van der Waals surface area contributed by atoms with Crippen LogP contribution in [0.25, 0.3) is 0 Å². The molecule has 3 saturated heterocycles. The van der Waals surface area contributed by atoms with Crippen LogP contribution < -0.4 is 10.2 Å². The molecule has 0 unspecified atom stereocenters. The molecule has 0 radical (unpaired) electrons. The van der Waals surface area contributed by atoms with Crippen LogP contribution in [-0.4, -0.2) is 92.0 Å². The van der Waals surface area contributed by atoms with Gasteiger partial charge in [-0.1, -0.05) is 27.7 Å². The molecule has 11 heteroatoms. The van der Waals surface area contributed by atoms with Crippen LogP contribution in [0.4, 0.5) is 5.69 Å². The monoisotopic (exact) mass is 560 g/mol. The summed E-state index contributed by atoms with van der Waals surface area (Å²) in [4.78, 5) is 44.9. The van der Waals surface area contributed by atoms with Crippen molar-refractivity contribution in [3.05, 3.63) is 29.8 Å². The van der Waals surface area contributed by atoms with Crippen LogP contribution in [0.15, 0.2) is 24.3 Å². The maximum absolute atomic E-state index is 13.4. The zero-order valence-electron chi connectivity index (χ0n) is 20.8. The van der Waals surface area contributed by atoms with Crippen molar-refractivity contribution in [1.82, 2.24) is 15.1 Å². The molecule has 1 aromatic carbocycles. The number of rotatable bonds is 6. The normalized spacial score (nSPS) is 22.7. The molecule has 206 valence electrons. The lowest BCUT2D eigenvalue weighted by Gasteiger charge is -2.34. The van der Waals surface area contributed by atoms with E-state index in [0.717, 1.165) is 38.3 Å². The number of nitrogens with zero attached hydrogens (tertiary/aromatic N) is 3. The second-order valence-corrected chi connectivity index (χ2v) is 9.25. The van der Waals surface area contributed by atoms with E-state index in [1.165, 1.54) is 0 Å². The molecule has 3 heterocycles. The van der Waals surface area contributed by atoms with Crippen molar-refractivity contribution in [2.45, 2.75) is 52.3 Å². The number of likely N-dealkylation sites (N-methyl/N-ethyl adjacent to an activating group) is 1. The summed E-state index contributed by atoms with van der Waals surface area (Å²) in [7, 11) is 2.12. The molecule has 3 aliphatic rings. The summed E-state index contributed by atoms with van der Waals surface area (Å²) in [6.07, 6.45) is 1.20. The van der Waals surface area contributed by atoms with Gasteiger partial charge in [0.05, 0.1) is 6.10 Å². The summed E-state index contributed by atoms with van der Waals surface area (Å²) in [6.45, 7) is 8.49. The molecule has 3 aliphatic heterocycles. The smallest absolute Gasteiger partial charge is 0.251 e. The summed E-state index contributed by atoms with van der Waals surface area (Å²) in [5.74, 6) is -0.548. The standard InChI is InChI=1S/C24H34N4O4.CH4.3H2S/c1-4-16(2)21(24(31)28-10-9-20-22(28)19(29)15-32-20)25-23(30)17-5-7-18(8-6-17)27-13-11-26(3)12-14-27;;;;/h5-8,16,20-22H,4,9-15H2,1-3H3,(H,25,30);1H4;3*1H2/t16-,20-,21+,22-;;;;/m1..../s1. The van der Waals surface area contributed by atoms with Crippen LogP contribution in [-0.2, 0) is 14.3 Å². The minimum Gasteiger partial charge on any atom is -0.369 e. The molecule has 1 aromatic rings. The van der Waals surface area contributed by atoms with Crippen molar-refractivity contribution in [3.8, 4) is 0 Å². The average molecular weight is 561 g/mol. The van der Waals surface area contributed by atoms with E-state index in [0.29, 0.717) is 18.5 Å². The van der Waals surface area contributed by atoms with Crippen molar-refractivity contribution in [2.75, 3.05) is 51.3 Å². The lowest BCUT2D eigenvalue weighted by Crippen LogP contribution is -2.54. The number of ketones is 1. The summed E-state index contributed by atoms with van der Waals surface area (Å²) < 4.78 is 5.52. The Kier molecular flexibility index (Phi) is 14.5. The Morgan fingerprint density at radius 1 is 1.06 bits per heavy atom.